The Morgan fingerprint density at radius 1 is 1.57 bits per heavy atom. The van der Waals surface area contributed by atoms with E-state index in [1.807, 2.05) is 6.92 Å². The van der Waals surface area contributed by atoms with Crippen molar-refractivity contribution >= 4 is 0 Å². The molecule has 0 fully saturated rings. The molecule has 6 heteroatoms. The fourth-order valence-corrected chi connectivity index (χ4v) is 1.04. The molecule has 0 aliphatic carbocycles. The minimum atomic E-state index is -0.195. The number of rotatable bonds is 3. The molecule has 2 rings (SSSR count). The van der Waals surface area contributed by atoms with Crippen LogP contribution in [-0.2, 0) is 0 Å². The van der Waals surface area contributed by atoms with Gasteiger partial charge in [-0.15, -0.1) is 10.2 Å². The largest absolute Gasteiger partial charge is 0.418 e. The molecule has 74 valence electrons. The van der Waals surface area contributed by atoms with Crippen LogP contribution >= 0.6 is 0 Å². The van der Waals surface area contributed by atoms with Crippen molar-refractivity contribution in [1.82, 2.24) is 20.2 Å². The zero-order chi connectivity index (χ0) is 9.97. The van der Waals surface area contributed by atoms with Gasteiger partial charge in [-0.2, -0.15) is 0 Å². The molecule has 0 saturated heterocycles. The van der Waals surface area contributed by atoms with Gasteiger partial charge >= 0.3 is 0 Å². The van der Waals surface area contributed by atoms with Crippen LogP contribution in [0.1, 0.15) is 25.3 Å². The zero-order valence-electron chi connectivity index (χ0n) is 7.77. The molecule has 3 N–H and O–H groups in total. The molecule has 0 spiro atoms. The van der Waals surface area contributed by atoms with Gasteiger partial charge in [-0.25, -0.2) is 4.98 Å². The molecule has 0 aliphatic heterocycles. The lowest BCUT2D eigenvalue weighted by Crippen LogP contribution is -2.08. The smallest absolute Gasteiger partial charge is 0.265 e. The van der Waals surface area contributed by atoms with Gasteiger partial charge in [-0.05, 0) is 6.42 Å². The van der Waals surface area contributed by atoms with Crippen molar-refractivity contribution in [3.05, 3.63) is 18.4 Å². The highest BCUT2D eigenvalue weighted by Crippen LogP contribution is 2.18. The molecule has 14 heavy (non-hydrogen) atoms. The van der Waals surface area contributed by atoms with Crippen LogP contribution in [0.2, 0.25) is 0 Å². The number of hydrogen-bond donors (Lipinski definition) is 2. The number of nitrogens with one attached hydrogen (secondary N) is 1. The van der Waals surface area contributed by atoms with E-state index in [0.29, 0.717) is 17.5 Å². The normalized spacial score (nSPS) is 13.0. The Kier molecular flexibility index (Phi) is 2.28. The van der Waals surface area contributed by atoms with Crippen LogP contribution in [-0.4, -0.2) is 20.2 Å². The quantitative estimate of drug-likeness (QED) is 0.754. The zero-order valence-corrected chi connectivity index (χ0v) is 7.77. The fourth-order valence-electron chi connectivity index (χ4n) is 1.04. The van der Waals surface area contributed by atoms with Crippen LogP contribution in [0.3, 0.4) is 0 Å². The topological polar surface area (TPSA) is 93.6 Å². The summed E-state index contributed by atoms with van der Waals surface area (Å²) in [5, 5.41) is 7.71. The summed E-state index contributed by atoms with van der Waals surface area (Å²) in [7, 11) is 0. The second-order valence-electron chi connectivity index (χ2n) is 2.93. The molecule has 2 aromatic heterocycles. The predicted molar refractivity (Wildman–Crippen MR) is 49.1 cm³/mol. The number of nitrogens with zero attached hydrogens (tertiary/aromatic N) is 3. The van der Waals surface area contributed by atoms with Crippen LogP contribution in [0, 0.1) is 0 Å². The highest BCUT2D eigenvalue weighted by Gasteiger charge is 2.13. The number of hydrogen-bond acceptors (Lipinski definition) is 5. The Labute approximate surface area is 80.6 Å². The first-order chi connectivity index (χ1) is 6.81. The van der Waals surface area contributed by atoms with Crippen molar-refractivity contribution in [2.75, 3.05) is 0 Å². The summed E-state index contributed by atoms with van der Waals surface area (Å²) >= 11 is 0. The highest BCUT2D eigenvalue weighted by atomic mass is 16.4. The molecule has 0 unspecified atom stereocenters. The lowest BCUT2D eigenvalue weighted by Gasteiger charge is -1.99. The molecule has 2 aromatic rings. The number of aromatic nitrogens is 4. The maximum Gasteiger partial charge on any atom is 0.265 e. The van der Waals surface area contributed by atoms with E-state index in [1.54, 1.807) is 12.5 Å². The van der Waals surface area contributed by atoms with Gasteiger partial charge in [0, 0.05) is 0 Å². The van der Waals surface area contributed by atoms with Crippen molar-refractivity contribution in [2.24, 2.45) is 5.73 Å². The van der Waals surface area contributed by atoms with Crippen molar-refractivity contribution < 1.29 is 4.42 Å². The third kappa shape index (κ3) is 1.51. The standard InChI is InChI=1S/C8H11N5O/c1-2-5(9)7-12-13-8(14-7)6-3-10-4-11-6/h3-5H,2,9H2,1H3,(H,10,11)/t5-/m1/s1. The third-order valence-corrected chi connectivity index (χ3v) is 1.93. The Hall–Kier alpha value is -1.69. The molecule has 0 aliphatic rings. The number of aromatic amines is 1. The first kappa shape index (κ1) is 8.89. The van der Waals surface area contributed by atoms with Crippen LogP contribution in [0.15, 0.2) is 16.9 Å². The van der Waals surface area contributed by atoms with Crippen LogP contribution in [0.4, 0.5) is 0 Å². The first-order valence-corrected chi connectivity index (χ1v) is 4.39. The lowest BCUT2D eigenvalue weighted by molar-refractivity contribution is 0.452. The second kappa shape index (κ2) is 3.59. The molecule has 0 bridgehead atoms. The van der Waals surface area contributed by atoms with Gasteiger partial charge in [-0.3, -0.25) is 0 Å². The van der Waals surface area contributed by atoms with Crippen molar-refractivity contribution in [1.29, 1.82) is 0 Å². The summed E-state index contributed by atoms with van der Waals surface area (Å²) < 4.78 is 5.36. The van der Waals surface area contributed by atoms with Crippen LogP contribution in [0.25, 0.3) is 11.6 Å². The fraction of sp³-hybridized carbons (Fsp3) is 0.375. The Bertz CT molecular complexity index is 394. The van der Waals surface area contributed by atoms with Gasteiger partial charge < -0.3 is 15.1 Å². The minimum Gasteiger partial charge on any atom is -0.418 e. The van der Waals surface area contributed by atoms with E-state index in [2.05, 4.69) is 20.2 Å². The van der Waals surface area contributed by atoms with Gasteiger partial charge in [-0.1, -0.05) is 6.92 Å². The molecule has 1 atom stereocenters. The van der Waals surface area contributed by atoms with E-state index in [9.17, 15) is 0 Å². The summed E-state index contributed by atoms with van der Waals surface area (Å²) in [5.74, 6) is 0.874. The number of nitrogens with two attached hydrogens (primary N) is 1. The Morgan fingerprint density at radius 2 is 2.43 bits per heavy atom. The summed E-state index contributed by atoms with van der Waals surface area (Å²) in [6.45, 7) is 1.96. The molecule has 0 aromatic carbocycles. The first-order valence-electron chi connectivity index (χ1n) is 4.39. The van der Waals surface area contributed by atoms with Gasteiger partial charge in [0.05, 0.1) is 18.6 Å². The molecular formula is C8H11N5O. The van der Waals surface area contributed by atoms with Gasteiger partial charge in [0.25, 0.3) is 5.89 Å². The molecular weight excluding hydrogens is 182 g/mol. The molecule has 6 nitrogen and oxygen atoms in total. The van der Waals surface area contributed by atoms with Crippen LogP contribution in [0.5, 0.6) is 0 Å². The van der Waals surface area contributed by atoms with Gasteiger partial charge in [0.2, 0.25) is 5.89 Å². The third-order valence-electron chi connectivity index (χ3n) is 1.93. The van der Waals surface area contributed by atoms with E-state index >= 15 is 0 Å². The number of H-pyrrole nitrogens is 1. The van der Waals surface area contributed by atoms with E-state index < -0.39 is 0 Å². The molecule has 0 saturated carbocycles. The molecule has 0 radical (unpaired) electrons. The maximum atomic E-state index is 5.74. The summed E-state index contributed by atoms with van der Waals surface area (Å²) in [6, 6.07) is -0.195. The summed E-state index contributed by atoms with van der Waals surface area (Å²) in [6.07, 6.45) is 3.94. The second-order valence-corrected chi connectivity index (χ2v) is 2.93. The van der Waals surface area contributed by atoms with Gasteiger partial charge in [0.1, 0.15) is 5.69 Å². The van der Waals surface area contributed by atoms with Crippen molar-refractivity contribution in [2.45, 2.75) is 19.4 Å². The van der Waals surface area contributed by atoms with E-state index in [-0.39, 0.29) is 6.04 Å². The van der Waals surface area contributed by atoms with Crippen molar-refractivity contribution in [3.63, 3.8) is 0 Å². The summed E-state index contributed by atoms with van der Waals surface area (Å²) in [5.41, 5.74) is 6.44. The molecule has 2 heterocycles. The predicted octanol–water partition coefficient (Wildman–Crippen LogP) is 0.870. The van der Waals surface area contributed by atoms with Gasteiger partial charge in [0.15, 0.2) is 0 Å². The summed E-state index contributed by atoms with van der Waals surface area (Å²) in [4.78, 5) is 6.73. The highest BCUT2D eigenvalue weighted by molar-refractivity contribution is 5.43. The number of imidazole rings is 1. The van der Waals surface area contributed by atoms with Crippen molar-refractivity contribution in [3.8, 4) is 11.6 Å². The SMILES string of the molecule is CC[C@@H](N)c1nnc(-c2cnc[nH]2)o1. The Morgan fingerprint density at radius 3 is 3.07 bits per heavy atom. The van der Waals surface area contributed by atoms with E-state index in [0.717, 1.165) is 6.42 Å². The Balaban J connectivity index is 2.26. The van der Waals surface area contributed by atoms with E-state index in [1.165, 1.54) is 0 Å². The average molecular weight is 193 g/mol. The minimum absolute atomic E-state index is 0.195. The maximum absolute atomic E-state index is 5.74. The average Bonchev–Trinajstić information content (AvgIpc) is 2.86. The lowest BCUT2D eigenvalue weighted by atomic mass is 10.2. The molecule has 0 amide bonds. The van der Waals surface area contributed by atoms with E-state index in [4.69, 9.17) is 10.2 Å². The van der Waals surface area contributed by atoms with Crippen LogP contribution < -0.4 is 5.73 Å². The monoisotopic (exact) mass is 193 g/mol.